The predicted molar refractivity (Wildman–Crippen MR) is 133 cm³/mol. The molecule has 4 aliphatic heterocycles. The maximum atomic E-state index is 4.11. The summed E-state index contributed by atoms with van der Waals surface area (Å²) in [5.41, 5.74) is 2.75. The lowest BCUT2D eigenvalue weighted by molar-refractivity contribution is 0.445. The summed E-state index contributed by atoms with van der Waals surface area (Å²) in [4.78, 5) is 0. The minimum Gasteiger partial charge on any atom is -0.427 e. The molecule has 0 unspecified atom stereocenters. The van der Waals surface area contributed by atoms with E-state index in [1.54, 1.807) is 0 Å². The van der Waals surface area contributed by atoms with E-state index >= 15 is 0 Å². The predicted octanol–water partition coefficient (Wildman–Crippen LogP) is 7.86. The van der Waals surface area contributed by atoms with Crippen molar-refractivity contribution in [3.05, 3.63) is 36.4 Å². The summed E-state index contributed by atoms with van der Waals surface area (Å²) in [6, 6.07) is 13.8. The molecule has 0 atom stereocenters. The molecule has 0 saturated carbocycles. The van der Waals surface area contributed by atoms with Crippen LogP contribution in [0, 0.1) is 0 Å². The van der Waals surface area contributed by atoms with Gasteiger partial charge < -0.3 is 10.5 Å². The first-order chi connectivity index (χ1) is 14.9. The van der Waals surface area contributed by atoms with Crippen LogP contribution in [0.1, 0.15) is 77.0 Å². The van der Waals surface area contributed by atoms with Crippen molar-refractivity contribution in [2.24, 2.45) is 0 Å². The van der Waals surface area contributed by atoms with E-state index in [9.17, 15) is 0 Å². The molecule has 0 amide bonds. The van der Waals surface area contributed by atoms with E-state index in [1.807, 2.05) is 0 Å². The topological polar surface area (TPSA) is 24.1 Å². The van der Waals surface area contributed by atoms with Gasteiger partial charge in [0.15, 0.2) is 0 Å². The van der Waals surface area contributed by atoms with Gasteiger partial charge >= 0.3 is 0 Å². The standard InChI is InChI=1S/C26H36B2N2/c1-7-19-8-2-18-25(30-28-22-13-5-14-23(28)16-6-15-22)26(19)24(17-1)29-27-20-9-3-10-21(27)12-4-11-20/h1-2,7-8,17-18,20-23,29-30H,3-6,9-16H2. The Labute approximate surface area is 183 Å². The minimum absolute atomic E-state index is 0.681. The minimum atomic E-state index is 0.681. The number of rotatable bonds is 4. The fourth-order valence-electron chi connectivity index (χ4n) is 7.76. The number of fused-ring (bicyclic) bond motifs is 5. The fraction of sp³-hybridized carbons (Fsp3) is 0.615. The maximum Gasteiger partial charge on any atom is 0.258 e. The normalized spacial score (nSPS) is 30.9. The second-order valence-corrected chi connectivity index (χ2v) is 10.8. The van der Waals surface area contributed by atoms with Crippen LogP contribution in [-0.2, 0) is 0 Å². The van der Waals surface area contributed by atoms with Crippen molar-refractivity contribution >= 4 is 35.8 Å². The Morgan fingerprint density at radius 3 is 1.27 bits per heavy atom. The smallest absolute Gasteiger partial charge is 0.258 e. The summed E-state index contributed by atoms with van der Waals surface area (Å²) >= 11 is 0. The average molecular weight is 398 g/mol. The Balaban J connectivity index is 1.33. The Morgan fingerprint density at radius 2 is 0.900 bits per heavy atom. The lowest BCUT2D eigenvalue weighted by atomic mass is 9.34. The number of anilines is 2. The van der Waals surface area contributed by atoms with Gasteiger partial charge in [0, 0.05) is 16.8 Å². The molecule has 2 aromatic rings. The second kappa shape index (κ2) is 8.17. The van der Waals surface area contributed by atoms with Crippen LogP contribution in [0.3, 0.4) is 0 Å². The molecule has 4 bridgehead atoms. The highest BCUT2D eigenvalue weighted by Crippen LogP contribution is 2.49. The van der Waals surface area contributed by atoms with Gasteiger partial charge in [0.25, 0.3) is 13.7 Å². The van der Waals surface area contributed by atoms with Crippen molar-refractivity contribution in [2.75, 3.05) is 10.5 Å². The van der Waals surface area contributed by atoms with Gasteiger partial charge in [-0.2, -0.15) is 0 Å². The molecule has 156 valence electrons. The molecule has 4 saturated heterocycles. The molecule has 2 nitrogen and oxygen atoms in total. The largest absolute Gasteiger partial charge is 0.427 e. The van der Waals surface area contributed by atoms with Gasteiger partial charge in [-0.3, -0.25) is 0 Å². The van der Waals surface area contributed by atoms with E-state index in [4.69, 9.17) is 0 Å². The summed E-state index contributed by atoms with van der Waals surface area (Å²) in [7, 11) is 0. The number of benzene rings is 2. The van der Waals surface area contributed by atoms with Gasteiger partial charge in [-0.1, -0.05) is 101 Å². The van der Waals surface area contributed by atoms with E-state index < -0.39 is 0 Å². The molecule has 2 aromatic carbocycles. The third-order valence-corrected chi connectivity index (χ3v) is 9.18. The first-order valence-electron chi connectivity index (χ1n) is 12.9. The van der Waals surface area contributed by atoms with Crippen LogP contribution in [0.2, 0.25) is 23.3 Å². The first-order valence-corrected chi connectivity index (χ1v) is 12.9. The summed E-state index contributed by atoms with van der Waals surface area (Å²) in [6.45, 7) is 1.36. The molecule has 4 heterocycles. The Kier molecular flexibility index (Phi) is 5.21. The Morgan fingerprint density at radius 1 is 0.533 bits per heavy atom. The third-order valence-electron chi connectivity index (χ3n) is 9.18. The van der Waals surface area contributed by atoms with Crippen LogP contribution in [-0.4, -0.2) is 13.7 Å². The van der Waals surface area contributed by atoms with Gasteiger partial charge in [-0.05, 0) is 40.8 Å². The number of nitrogens with one attached hydrogen (secondary N) is 2. The van der Waals surface area contributed by atoms with E-state index in [-0.39, 0.29) is 0 Å². The number of hydrogen-bond donors (Lipinski definition) is 2. The highest BCUT2D eigenvalue weighted by Gasteiger charge is 2.41. The lowest BCUT2D eigenvalue weighted by Gasteiger charge is -2.41. The van der Waals surface area contributed by atoms with Gasteiger partial charge in [-0.25, -0.2) is 0 Å². The molecule has 6 rings (SSSR count). The zero-order chi connectivity index (χ0) is 19.9. The van der Waals surface area contributed by atoms with Gasteiger partial charge in [0.05, 0.1) is 0 Å². The summed E-state index contributed by atoms with van der Waals surface area (Å²) in [5.74, 6) is 3.52. The van der Waals surface area contributed by atoms with Crippen molar-refractivity contribution in [1.82, 2.24) is 0 Å². The molecular formula is C26H36B2N2. The average Bonchev–Trinajstić information content (AvgIpc) is 2.74. The summed E-state index contributed by atoms with van der Waals surface area (Å²) in [6.07, 6.45) is 17.2. The van der Waals surface area contributed by atoms with Crippen molar-refractivity contribution in [3.8, 4) is 0 Å². The second-order valence-electron chi connectivity index (χ2n) is 10.8. The first kappa shape index (κ1) is 19.1. The number of hydrogen-bond acceptors (Lipinski definition) is 2. The molecule has 4 heteroatoms. The maximum absolute atomic E-state index is 4.11. The fourth-order valence-corrected chi connectivity index (χ4v) is 7.76. The molecule has 0 radical (unpaired) electrons. The molecular weight excluding hydrogens is 362 g/mol. The highest BCUT2D eigenvalue weighted by molar-refractivity contribution is 6.67. The molecule has 4 aliphatic rings. The van der Waals surface area contributed by atoms with E-state index in [2.05, 4.69) is 46.9 Å². The summed E-state index contributed by atoms with van der Waals surface area (Å²) < 4.78 is 0. The Bertz CT molecular complexity index is 787. The van der Waals surface area contributed by atoms with Crippen molar-refractivity contribution < 1.29 is 0 Å². The third kappa shape index (κ3) is 3.45. The van der Waals surface area contributed by atoms with Crippen LogP contribution in [0.5, 0.6) is 0 Å². The van der Waals surface area contributed by atoms with Gasteiger partial charge in [0.1, 0.15) is 0 Å². The van der Waals surface area contributed by atoms with E-state index in [1.165, 1.54) is 99.2 Å². The van der Waals surface area contributed by atoms with Crippen molar-refractivity contribution in [3.63, 3.8) is 0 Å². The zero-order valence-electron chi connectivity index (χ0n) is 18.4. The van der Waals surface area contributed by atoms with E-state index in [0.29, 0.717) is 13.7 Å². The van der Waals surface area contributed by atoms with Crippen LogP contribution in [0.15, 0.2) is 36.4 Å². The van der Waals surface area contributed by atoms with Crippen LogP contribution >= 0.6 is 0 Å². The monoisotopic (exact) mass is 398 g/mol. The molecule has 0 spiro atoms. The quantitative estimate of drug-likeness (QED) is 0.512. The highest BCUT2D eigenvalue weighted by atomic mass is 14.8. The van der Waals surface area contributed by atoms with E-state index in [0.717, 1.165) is 23.3 Å². The van der Waals surface area contributed by atoms with Gasteiger partial charge in [0.2, 0.25) is 0 Å². The summed E-state index contributed by atoms with van der Waals surface area (Å²) in [5, 5.41) is 11.0. The lowest BCUT2D eigenvalue weighted by Crippen LogP contribution is -2.42. The van der Waals surface area contributed by atoms with Crippen molar-refractivity contribution in [2.45, 2.75) is 100 Å². The molecule has 4 fully saturated rings. The molecule has 0 aromatic heterocycles. The molecule has 2 N–H and O–H groups in total. The molecule has 0 aliphatic carbocycles. The van der Waals surface area contributed by atoms with Crippen LogP contribution in [0.4, 0.5) is 11.4 Å². The van der Waals surface area contributed by atoms with Crippen LogP contribution < -0.4 is 10.5 Å². The zero-order valence-corrected chi connectivity index (χ0v) is 18.4. The molecule has 30 heavy (non-hydrogen) atoms. The Hall–Kier alpha value is -1.57. The van der Waals surface area contributed by atoms with Crippen molar-refractivity contribution in [1.29, 1.82) is 0 Å². The van der Waals surface area contributed by atoms with Gasteiger partial charge in [-0.15, -0.1) is 0 Å². The van der Waals surface area contributed by atoms with Crippen LogP contribution in [0.25, 0.3) is 10.8 Å². The SMILES string of the molecule is c1cc(NB2C3CCCC2CCC3)c2c(NB3C4CCCC3CCC4)cccc2c1.